The maximum absolute atomic E-state index is 12.5. The van der Waals surface area contributed by atoms with Gasteiger partial charge in [-0.1, -0.05) is 24.9 Å². The third kappa shape index (κ3) is 5.16. The minimum Gasteiger partial charge on any atom is -0.360 e. The summed E-state index contributed by atoms with van der Waals surface area (Å²) in [6.45, 7) is 6.22. The van der Waals surface area contributed by atoms with Gasteiger partial charge in [-0.05, 0) is 20.3 Å². The number of H-pyrrole nitrogens is 1. The molecular weight excluding hydrogens is 338 g/mol. The van der Waals surface area contributed by atoms with Gasteiger partial charge < -0.3 is 19.7 Å². The molecule has 0 bridgehead atoms. The number of nitrogens with one attached hydrogen (secondary N) is 3. The van der Waals surface area contributed by atoms with Crippen molar-refractivity contribution in [2.45, 2.75) is 59.2 Å². The maximum Gasteiger partial charge on any atom is 0.328 e. The zero-order chi connectivity index (χ0) is 19.1. The van der Waals surface area contributed by atoms with Gasteiger partial charge in [0.05, 0.1) is 6.04 Å². The first-order valence-corrected chi connectivity index (χ1v) is 8.74. The highest BCUT2D eigenvalue weighted by Gasteiger charge is 2.19. The van der Waals surface area contributed by atoms with Crippen molar-refractivity contribution >= 4 is 11.7 Å². The molecule has 0 fully saturated rings. The van der Waals surface area contributed by atoms with Crippen LogP contribution < -0.4 is 21.9 Å². The van der Waals surface area contributed by atoms with Crippen molar-refractivity contribution in [3.8, 4) is 0 Å². The van der Waals surface area contributed by atoms with Crippen molar-refractivity contribution < 1.29 is 9.32 Å². The van der Waals surface area contributed by atoms with E-state index in [0.717, 1.165) is 12.8 Å². The van der Waals surface area contributed by atoms with Gasteiger partial charge in [-0.3, -0.25) is 14.6 Å². The van der Waals surface area contributed by atoms with E-state index in [1.807, 2.05) is 13.8 Å². The molecule has 0 saturated heterocycles. The molecule has 1 atom stereocenters. The van der Waals surface area contributed by atoms with E-state index in [9.17, 15) is 14.4 Å². The molecule has 3 N–H and O–H groups in total. The number of aryl methyl sites for hydroxylation is 2. The van der Waals surface area contributed by atoms with Crippen LogP contribution in [0, 0.1) is 6.92 Å². The van der Waals surface area contributed by atoms with E-state index in [1.165, 1.54) is 10.8 Å². The number of hydrogen-bond acceptors (Lipinski definition) is 6. The minimum absolute atomic E-state index is 0.176. The lowest BCUT2D eigenvalue weighted by molar-refractivity contribution is -0.118. The van der Waals surface area contributed by atoms with Gasteiger partial charge in [0.1, 0.15) is 5.76 Å². The fourth-order valence-corrected chi connectivity index (χ4v) is 2.52. The summed E-state index contributed by atoms with van der Waals surface area (Å²) in [6, 6.07) is 1.14. The number of aromatic nitrogens is 3. The Labute approximate surface area is 150 Å². The summed E-state index contributed by atoms with van der Waals surface area (Å²) in [5.74, 6) is 0.715. The molecule has 2 aromatic rings. The van der Waals surface area contributed by atoms with Crippen molar-refractivity contribution in [3.05, 3.63) is 44.4 Å². The monoisotopic (exact) mass is 363 g/mol. The summed E-state index contributed by atoms with van der Waals surface area (Å²) < 4.78 is 6.36. The zero-order valence-electron chi connectivity index (χ0n) is 15.3. The van der Waals surface area contributed by atoms with Crippen molar-refractivity contribution in [2.75, 3.05) is 5.32 Å². The van der Waals surface area contributed by atoms with E-state index in [1.54, 1.807) is 13.0 Å². The SMILES string of the molecule is CCCCC(NCc1cn(CC)c(=O)[nH]c1=O)C(=O)Nc1cc(C)on1. The van der Waals surface area contributed by atoms with Crippen LogP contribution in [0.25, 0.3) is 0 Å². The van der Waals surface area contributed by atoms with Gasteiger partial charge in [0.2, 0.25) is 5.91 Å². The first-order chi connectivity index (χ1) is 12.4. The molecule has 2 aromatic heterocycles. The average Bonchev–Trinajstić information content (AvgIpc) is 3.01. The maximum atomic E-state index is 12.5. The highest BCUT2D eigenvalue weighted by molar-refractivity contribution is 5.93. The summed E-state index contributed by atoms with van der Waals surface area (Å²) in [6.07, 6.45) is 3.93. The summed E-state index contributed by atoms with van der Waals surface area (Å²) in [5, 5.41) is 9.57. The number of rotatable bonds is 9. The molecule has 0 aromatic carbocycles. The Kier molecular flexibility index (Phi) is 6.90. The number of unbranched alkanes of at least 4 members (excludes halogenated alkanes) is 1. The number of carbonyl (C=O) groups is 1. The van der Waals surface area contributed by atoms with Crippen LogP contribution in [0.15, 0.2) is 26.4 Å². The Morgan fingerprint density at radius 3 is 2.77 bits per heavy atom. The molecule has 0 radical (unpaired) electrons. The normalized spacial score (nSPS) is 12.1. The third-order valence-corrected chi connectivity index (χ3v) is 4.01. The van der Waals surface area contributed by atoms with E-state index < -0.39 is 17.3 Å². The number of nitrogens with zero attached hydrogens (tertiary/aromatic N) is 2. The van der Waals surface area contributed by atoms with Crippen LogP contribution in [0.5, 0.6) is 0 Å². The zero-order valence-corrected chi connectivity index (χ0v) is 15.3. The largest absolute Gasteiger partial charge is 0.360 e. The fourth-order valence-electron chi connectivity index (χ4n) is 2.52. The predicted molar refractivity (Wildman–Crippen MR) is 97.0 cm³/mol. The molecule has 0 aliphatic carbocycles. The predicted octanol–water partition coefficient (Wildman–Crippen LogP) is 1.14. The average molecular weight is 363 g/mol. The lowest BCUT2D eigenvalue weighted by Gasteiger charge is -2.17. The second-order valence-corrected chi connectivity index (χ2v) is 6.09. The van der Waals surface area contributed by atoms with Crippen LogP contribution in [0.2, 0.25) is 0 Å². The molecule has 26 heavy (non-hydrogen) atoms. The van der Waals surface area contributed by atoms with Gasteiger partial charge in [0.25, 0.3) is 5.56 Å². The Morgan fingerprint density at radius 2 is 2.15 bits per heavy atom. The third-order valence-electron chi connectivity index (χ3n) is 4.01. The van der Waals surface area contributed by atoms with Crippen molar-refractivity contribution in [3.63, 3.8) is 0 Å². The van der Waals surface area contributed by atoms with Gasteiger partial charge in [0.15, 0.2) is 5.82 Å². The molecular formula is C17H25N5O4. The second kappa shape index (κ2) is 9.14. The van der Waals surface area contributed by atoms with Crippen LogP contribution in [0.3, 0.4) is 0 Å². The quantitative estimate of drug-likeness (QED) is 0.614. The van der Waals surface area contributed by atoms with Gasteiger partial charge in [-0.2, -0.15) is 0 Å². The minimum atomic E-state index is -0.492. The van der Waals surface area contributed by atoms with Crippen LogP contribution >= 0.6 is 0 Å². The van der Waals surface area contributed by atoms with E-state index in [2.05, 4.69) is 20.8 Å². The molecule has 0 spiro atoms. The fraction of sp³-hybridized carbons (Fsp3) is 0.529. The molecule has 1 unspecified atom stereocenters. The van der Waals surface area contributed by atoms with Gasteiger partial charge in [-0.15, -0.1) is 0 Å². The van der Waals surface area contributed by atoms with E-state index >= 15 is 0 Å². The Balaban J connectivity index is 2.09. The van der Waals surface area contributed by atoms with Gasteiger partial charge >= 0.3 is 5.69 Å². The highest BCUT2D eigenvalue weighted by Crippen LogP contribution is 2.09. The number of carbonyl (C=O) groups excluding carboxylic acids is 1. The number of hydrogen-bond donors (Lipinski definition) is 3. The first kappa shape index (κ1) is 19.6. The van der Waals surface area contributed by atoms with Crippen molar-refractivity contribution in [1.82, 2.24) is 20.0 Å². The van der Waals surface area contributed by atoms with Crippen LogP contribution in [0.4, 0.5) is 5.82 Å². The molecule has 0 saturated carbocycles. The van der Waals surface area contributed by atoms with Gasteiger partial charge in [-0.25, -0.2) is 4.79 Å². The van der Waals surface area contributed by atoms with E-state index in [4.69, 9.17) is 4.52 Å². The molecule has 142 valence electrons. The standard InChI is InChI=1S/C17H25N5O4/c1-4-6-7-13(16(24)19-14-8-11(3)26-21-14)18-9-12-10-22(5-2)17(25)20-15(12)23/h8,10,13,18H,4-7,9H2,1-3H3,(H,19,21,24)(H,20,23,25). The Bertz CT molecular complexity index is 851. The molecule has 0 aliphatic rings. The number of anilines is 1. The molecule has 2 rings (SSSR count). The van der Waals surface area contributed by atoms with E-state index in [-0.39, 0.29) is 12.5 Å². The topological polar surface area (TPSA) is 122 Å². The summed E-state index contributed by atoms with van der Waals surface area (Å²) in [7, 11) is 0. The Morgan fingerprint density at radius 1 is 1.38 bits per heavy atom. The second-order valence-electron chi connectivity index (χ2n) is 6.09. The molecule has 0 aliphatic heterocycles. The summed E-state index contributed by atoms with van der Waals surface area (Å²) in [5.41, 5.74) is -0.491. The Hall–Kier alpha value is -2.68. The summed E-state index contributed by atoms with van der Waals surface area (Å²) >= 11 is 0. The highest BCUT2D eigenvalue weighted by atomic mass is 16.5. The first-order valence-electron chi connectivity index (χ1n) is 8.74. The van der Waals surface area contributed by atoms with Gasteiger partial charge in [0, 0.05) is 30.9 Å². The van der Waals surface area contributed by atoms with Crippen LogP contribution in [-0.2, 0) is 17.9 Å². The van der Waals surface area contributed by atoms with Crippen molar-refractivity contribution in [1.29, 1.82) is 0 Å². The number of amides is 1. The molecule has 2 heterocycles. The van der Waals surface area contributed by atoms with Crippen LogP contribution in [0.1, 0.15) is 44.4 Å². The summed E-state index contributed by atoms with van der Waals surface area (Å²) in [4.78, 5) is 38.4. The van der Waals surface area contributed by atoms with Crippen molar-refractivity contribution in [2.24, 2.45) is 0 Å². The smallest absolute Gasteiger partial charge is 0.328 e. The lowest BCUT2D eigenvalue weighted by Crippen LogP contribution is -2.42. The lowest BCUT2D eigenvalue weighted by atomic mass is 10.1. The molecule has 1 amide bonds. The number of aromatic amines is 1. The van der Waals surface area contributed by atoms with E-state index in [0.29, 0.717) is 30.1 Å². The molecule has 9 heteroatoms. The molecule has 9 nitrogen and oxygen atoms in total. The van der Waals surface area contributed by atoms with Crippen LogP contribution in [-0.4, -0.2) is 26.7 Å².